The van der Waals surface area contributed by atoms with Crippen LogP contribution in [0.15, 0.2) is 0 Å². The zero-order valence-corrected chi connectivity index (χ0v) is 11.9. The standard InChI is InChI=1S/C14H24N2O3/c1-3-10(2)13-14(18)16(7-4-12(17)15-13)11-5-8-19-9-6-11/h10-11,13H,3-9H2,1-2H3,(H,15,17). The Bertz CT molecular complexity index is 340. The first-order valence-electron chi connectivity index (χ1n) is 7.31. The van der Waals surface area contributed by atoms with Gasteiger partial charge < -0.3 is 15.0 Å². The number of rotatable bonds is 3. The molecule has 2 aliphatic heterocycles. The molecule has 2 rings (SSSR count). The van der Waals surface area contributed by atoms with Gasteiger partial charge in [0.05, 0.1) is 0 Å². The number of nitrogens with zero attached hydrogens (tertiary/aromatic N) is 1. The van der Waals surface area contributed by atoms with Gasteiger partial charge in [-0.15, -0.1) is 0 Å². The molecular formula is C14H24N2O3. The van der Waals surface area contributed by atoms with Crippen molar-refractivity contribution >= 4 is 11.8 Å². The predicted molar refractivity (Wildman–Crippen MR) is 71.6 cm³/mol. The minimum atomic E-state index is -0.358. The van der Waals surface area contributed by atoms with Gasteiger partial charge in [-0.1, -0.05) is 20.3 Å². The summed E-state index contributed by atoms with van der Waals surface area (Å²) < 4.78 is 5.35. The summed E-state index contributed by atoms with van der Waals surface area (Å²) in [5, 5.41) is 2.89. The first-order valence-corrected chi connectivity index (χ1v) is 7.31. The second kappa shape index (κ2) is 6.37. The molecule has 0 bridgehead atoms. The van der Waals surface area contributed by atoms with Crippen molar-refractivity contribution in [1.82, 2.24) is 10.2 Å². The fourth-order valence-electron chi connectivity index (χ4n) is 2.80. The minimum absolute atomic E-state index is 0.00629. The zero-order valence-electron chi connectivity index (χ0n) is 11.9. The third kappa shape index (κ3) is 3.26. The van der Waals surface area contributed by atoms with Crippen LogP contribution in [0.5, 0.6) is 0 Å². The van der Waals surface area contributed by atoms with Crippen molar-refractivity contribution in [3.63, 3.8) is 0 Å². The van der Waals surface area contributed by atoms with Gasteiger partial charge >= 0.3 is 0 Å². The fourth-order valence-corrected chi connectivity index (χ4v) is 2.80. The first kappa shape index (κ1) is 14.3. The Hall–Kier alpha value is -1.10. The number of carbonyl (C=O) groups is 2. The van der Waals surface area contributed by atoms with E-state index in [0.717, 1.165) is 19.3 Å². The van der Waals surface area contributed by atoms with Crippen LogP contribution in [0, 0.1) is 5.92 Å². The van der Waals surface area contributed by atoms with Crippen LogP contribution in [0.3, 0.4) is 0 Å². The van der Waals surface area contributed by atoms with E-state index in [9.17, 15) is 9.59 Å². The number of amides is 2. The lowest BCUT2D eigenvalue weighted by molar-refractivity contribution is -0.138. The molecule has 0 aromatic rings. The summed E-state index contributed by atoms with van der Waals surface area (Å²) in [7, 11) is 0. The number of ether oxygens (including phenoxy) is 1. The van der Waals surface area contributed by atoms with Crippen molar-refractivity contribution in [1.29, 1.82) is 0 Å². The third-order valence-corrected chi connectivity index (χ3v) is 4.29. The van der Waals surface area contributed by atoms with Crippen molar-refractivity contribution in [2.45, 2.75) is 51.6 Å². The summed E-state index contributed by atoms with van der Waals surface area (Å²) in [6, 6.07) is -0.122. The maximum Gasteiger partial charge on any atom is 0.245 e. The maximum atomic E-state index is 12.7. The summed E-state index contributed by atoms with van der Waals surface area (Å²) in [6.07, 6.45) is 3.06. The van der Waals surface area contributed by atoms with Gasteiger partial charge in [0.2, 0.25) is 11.8 Å². The van der Waals surface area contributed by atoms with E-state index in [2.05, 4.69) is 5.32 Å². The monoisotopic (exact) mass is 268 g/mol. The molecule has 2 saturated heterocycles. The highest BCUT2D eigenvalue weighted by Gasteiger charge is 2.36. The molecule has 19 heavy (non-hydrogen) atoms. The van der Waals surface area contributed by atoms with Crippen LogP contribution in [0.4, 0.5) is 0 Å². The van der Waals surface area contributed by atoms with Crippen molar-refractivity contribution < 1.29 is 14.3 Å². The van der Waals surface area contributed by atoms with Gasteiger partial charge in [-0.2, -0.15) is 0 Å². The predicted octanol–water partition coefficient (Wildman–Crippen LogP) is 0.929. The topological polar surface area (TPSA) is 58.6 Å². The smallest absolute Gasteiger partial charge is 0.245 e. The SMILES string of the molecule is CCC(C)C1NC(=O)CCN(C2CCOCC2)C1=O. The molecule has 5 heteroatoms. The lowest BCUT2D eigenvalue weighted by Gasteiger charge is -2.35. The zero-order chi connectivity index (χ0) is 13.8. The molecule has 2 heterocycles. The number of nitrogens with one attached hydrogen (secondary N) is 1. The fraction of sp³-hybridized carbons (Fsp3) is 0.857. The normalized spacial score (nSPS) is 27.9. The molecule has 0 aliphatic carbocycles. The Morgan fingerprint density at radius 1 is 1.37 bits per heavy atom. The van der Waals surface area contributed by atoms with Gasteiger partial charge in [-0.25, -0.2) is 0 Å². The summed E-state index contributed by atoms with van der Waals surface area (Å²) in [5.41, 5.74) is 0. The average molecular weight is 268 g/mol. The van der Waals surface area contributed by atoms with Crippen LogP contribution in [-0.4, -0.2) is 48.6 Å². The lowest BCUT2D eigenvalue weighted by atomic mass is 9.97. The van der Waals surface area contributed by atoms with Gasteiger partial charge in [-0.05, 0) is 18.8 Å². The van der Waals surface area contributed by atoms with E-state index in [4.69, 9.17) is 4.74 Å². The quantitative estimate of drug-likeness (QED) is 0.828. The van der Waals surface area contributed by atoms with Crippen LogP contribution in [0.1, 0.15) is 39.5 Å². The van der Waals surface area contributed by atoms with E-state index in [1.807, 2.05) is 18.7 Å². The number of carbonyl (C=O) groups excluding carboxylic acids is 2. The number of hydrogen-bond acceptors (Lipinski definition) is 3. The van der Waals surface area contributed by atoms with Gasteiger partial charge in [-0.3, -0.25) is 9.59 Å². The summed E-state index contributed by atoms with van der Waals surface area (Å²) in [5.74, 6) is 0.261. The number of hydrogen-bond donors (Lipinski definition) is 1. The van der Waals surface area contributed by atoms with Crippen molar-refractivity contribution in [2.75, 3.05) is 19.8 Å². The lowest BCUT2D eigenvalue weighted by Crippen LogP contribution is -2.52. The molecule has 2 amide bonds. The van der Waals surface area contributed by atoms with E-state index >= 15 is 0 Å². The van der Waals surface area contributed by atoms with E-state index in [1.165, 1.54) is 0 Å². The second-order valence-electron chi connectivity index (χ2n) is 5.56. The van der Waals surface area contributed by atoms with E-state index in [-0.39, 0.29) is 29.8 Å². The van der Waals surface area contributed by atoms with Crippen molar-refractivity contribution in [3.8, 4) is 0 Å². The second-order valence-corrected chi connectivity index (χ2v) is 5.56. The van der Waals surface area contributed by atoms with Crippen molar-refractivity contribution in [3.05, 3.63) is 0 Å². The largest absolute Gasteiger partial charge is 0.381 e. The van der Waals surface area contributed by atoms with Gasteiger partial charge in [0.25, 0.3) is 0 Å². The molecule has 5 nitrogen and oxygen atoms in total. The van der Waals surface area contributed by atoms with Gasteiger partial charge in [0, 0.05) is 32.2 Å². The highest BCUT2D eigenvalue weighted by Crippen LogP contribution is 2.21. The van der Waals surface area contributed by atoms with E-state index in [1.54, 1.807) is 0 Å². The van der Waals surface area contributed by atoms with Crippen LogP contribution < -0.4 is 5.32 Å². The molecule has 0 aromatic carbocycles. The molecular weight excluding hydrogens is 244 g/mol. The summed E-state index contributed by atoms with van der Waals surface area (Å²) in [4.78, 5) is 26.3. The Labute approximate surface area is 114 Å². The van der Waals surface area contributed by atoms with Crippen LogP contribution in [0.2, 0.25) is 0 Å². The Kier molecular flexibility index (Phi) is 4.80. The Morgan fingerprint density at radius 2 is 2.05 bits per heavy atom. The van der Waals surface area contributed by atoms with Crippen LogP contribution in [-0.2, 0) is 14.3 Å². The molecule has 108 valence electrons. The molecule has 2 aliphatic rings. The maximum absolute atomic E-state index is 12.7. The third-order valence-electron chi connectivity index (χ3n) is 4.29. The van der Waals surface area contributed by atoms with Gasteiger partial charge in [0.1, 0.15) is 6.04 Å². The summed E-state index contributed by atoms with van der Waals surface area (Å²) in [6.45, 7) is 6.04. The van der Waals surface area contributed by atoms with Crippen LogP contribution >= 0.6 is 0 Å². The van der Waals surface area contributed by atoms with Crippen LogP contribution in [0.25, 0.3) is 0 Å². The average Bonchev–Trinajstić information content (AvgIpc) is 2.59. The first-order chi connectivity index (χ1) is 9.13. The molecule has 0 saturated carbocycles. The molecule has 1 N–H and O–H groups in total. The van der Waals surface area contributed by atoms with Crippen molar-refractivity contribution in [2.24, 2.45) is 5.92 Å². The van der Waals surface area contributed by atoms with Gasteiger partial charge in [0.15, 0.2) is 0 Å². The molecule has 0 radical (unpaired) electrons. The molecule has 2 atom stereocenters. The molecule has 2 fully saturated rings. The highest BCUT2D eigenvalue weighted by molar-refractivity contribution is 5.90. The van der Waals surface area contributed by atoms with E-state index in [0.29, 0.717) is 26.2 Å². The van der Waals surface area contributed by atoms with E-state index < -0.39 is 0 Å². The highest BCUT2D eigenvalue weighted by atomic mass is 16.5. The minimum Gasteiger partial charge on any atom is -0.381 e. The summed E-state index contributed by atoms with van der Waals surface area (Å²) >= 11 is 0. The molecule has 2 unspecified atom stereocenters. The Balaban J connectivity index is 2.13. The molecule has 0 spiro atoms. The Morgan fingerprint density at radius 3 is 2.68 bits per heavy atom. The molecule has 0 aromatic heterocycles.